The van der Waals surface area contributed by atoms with E-state index < -0.39 is 53.7 Å². The number of amides is 2. The number of carbonyl (C=O) groups is 3. The van der Waals surface area contributed by atoms with Crippen molar-refractivity contribution in [1.82, 2.24) is 5.32 Å². The minimum atomic E-state index is -0.992. The molecule has 0 radical (unpaired) electrons. The Morgan fingerprint density at radius 1 is 1.11 bits per heavy atom. The van der Waals surface area contributed by atoms with Crippen LogP contribution in [0.3, 0.4) is 0 Å². The van der Waals surface area contributed by atoms with Crippen LogP contribution in [0, 0.1) is 11.8 Å². The SMILES string of the molecule is COC1=C2C[C@@H](C)C[C@H](OC)[C@H](O)[C@@H](C)/C=C(\C)[C@H](OC(N)=O)[C@@H](OC)/C=C\C=C(/C)C(=O)NC(=C/C1=N\OC(C)(C)C)C2=O. The van der Waals surface area contributed by atoms with Crippen molar-refractivity contribution in [3.8, 4) is 0 Å². The molecular weight excluding hydrogens is 582 g/mol. The zero-order valence-corrected chi connectivity index (χ0v) is 28.0. The molecule has 0 saturated carbocycles. The fourth-order valence-corrected chi connectivity index (χ4v) is 5.05. The predicted octanol–water partition coefficient (Wildman–Crippen LogP) is 4.01. The fourth-order valence-electron chi connectivity index (χ4n) is 5.05. The van der Waals surface area contributed by atoms with Crippen molar-refractivity contribution in [1.29, 1.82) is 0 Å². The van der Waals surface area contributed by atoms with E-state index >= 15 is 0 Å². The first-order valence-corrected chi connectivity index (χ1v) is 14.9. The third-order valence-electron chi connectivity index (χ3n) is 7.38. The van der Waals surface area contributed by atoms with Gasteiger partial charge in [0, 0.05) is 31.3 Å². The van der Waals surface area contributed by atoms with Crippen LogP contribution in [0.1, 0.15) is 61.3 Å². The summed E-state index contributed by atoms with van der Waals surface area (Å²) < 4.78 is 22.3. The molecule has 0 unspecified atom stereocenters. The molecule has 2 rings (SSSR count). The number of ketones is 1. The minimum Gasteiger partial charge on any atom is -0.494 e. The highest BCUT2D eigenvalue weighted by Gasteiger charge is 2.34. The zero-order chi connectivity index (χ0) is 34.1. The van der Waals surface area contributed by atoms with E-state index in [1.165, 1.54) is 33.5 Å². The van der Waals surface area contributed by atoms with Gasteiger partial charge in [0.15, 0.2) is 11.9 Å². The maximum absolute atomic E-state index is 13.8. The molecule has 0 fully saturated rings. The smallest absolute Gasteiger partial charge is 0.405 e. The molecule has 0 aromatic heterocycles. The Hall–Kier alpha value is -3.74. The van der Waals surface area contributed by atoms with E-state index in [0.29, 0.717) is 17.6 Å². The van der Waals surface area contributed by atoms with Crippen molar-refractivity contribution in [2.45, 2.75) is 91.3 Å². The van der Waals surface area contributed by atoms with Gasteiger partial charge in [-0.25, -0.2) is 4.79 Å². The predicted molar refractivity (Wildman–Crippen MR) is 170 cm³/mol. The molecule has 1 heterocycles. The van der Waals surface area contributed by atoms with Crippen LogP contribution in [0.25, 0.3) is 0 Å². The normalized spacial score (nSPS) is 31.6. The van der Waals surface area contributed by atoms with Crippen LogP contribution >= 0.6 is 0 Å². The number of allylic oxidation sites excluding steroid dienone is 4. The number of nitrogens with one attached hydrogen (secondary N) is 1. The fraction of sp³-hybridized carbons (Fsp3) is 0.576. The van der Waals surface area contributed by atoms with Gasteiger partial charge in [0.25, 0.3) is 5.91 Å². The number of carbonyl (C=O) groups excluding carboxylic acids is 3. The minimum absolute atomic E-state index is 0.00960. The lowest BCUT2D eigenvalue weighted by Gasteiger charge is -2.30. The van der Waals surface area contributed by atoms with E-state index in [0.717, 1.165) is 0 Å². The van der Waals surface area contributed by atoms with E-state index in [2.05, 4.69) is 10.5 Å². The lowest BCUT2D eigenvalue weighted by molar-refractivity contribution is -0.119. The number of fused-ring (bicyclic) bond motifs is 2. The van der Waals surface area contributed by atoms with E-state index in [1.54, 1.807) is 32.1 Å². The van der Waals surface area contributed by atoms with Crippen LogP contribution in [0.5, 0.6) is 0 Å². The highest BCUT2D eigenvalue weighted by Crippen LogP contribution is 2.30. The average Bonchev–Trinajstić information content (AvgIpc) is 2.96. The van der Waals surface area contributed by atoms with Crippen LogP contribution in [0.2, 0.25) is 0 Å². The highest BCUT2D eigenvalue weighted by atomic mass is 16.6. The molecule has 250 valence electrons. The average molecular weight is 632 g/mol. The quantitative estimate of drug-likeness (QED) is 0.231. The molecule has 2 amide bonds. The maximum Gasteiger partial charge on any atom is 0.405 e. The number of nitrogens with zero attached hydrogens (tertiary/aromatic N) is 1. The van der Waals surface area contributed by atoms with Gasteiger partial charge in [0.1, 0.15) is 17.4 Å². The highest BCUT2D eigenvalue weighted by molar-refractivity contribution is 6.24. The molecule has 0 aromatic carbocycles. The first-order valence-electron chi connectivity index (χ1n) is 14.9. The first-order chi connectivity index (χ1) is 21.0. The molecule has 6 atom stereocenters. The van der Waals surface area contributed by atoms with Gasteiger partial charge in [-0.1, -0.05) is 43.3 Å². The molecule has 12 heteroatoms. The van der Waals surface area contributed by atoms with E-state index in [-0.39, 0.29) is 35.1 Å². The van der Waals surface area contributed by atoms with Crippen molar-refractivity contribution in [3.63, 3.8) is 0 Å². The van der Waals surface area contributed by atoms with Gasteiger partial charge >= 0.3 is 6.09 Å². The number of hydrogen-bond acceptors (Lipinski definition) is 10. The molecule has 0 saturated heterocycles. The first kappa shape index (κ1) is 37.4. The topological polar surface area (TPSA) is 168 Å². The summed E-state index contributed by atoms with van der Waals surface area (Å²) in [6.45, 7) is 12.6. The molecule has 0 aromatic rings. The number of primary amides is 1. The number of oxime groups is 1. The lowest BCUT2D eigenvalue weighted by Crippen LogP contribution is -2.37. The van der Waals surface area contributed by atoms with Crippen LogP contribution < -0.4 is 11.1 Å². The molecule has 1 aliphatic carbocycles. The summed E-state index contributed by atoms with van der Waals surface area (Å²) >= 11 is 0. The van der Waals surface area contributed by atoms with Gasteiger partial charge in [-0.15, -0.1) is 0 Å². The van der Waals surface area contributed by atoms with Gasteiger partial charge in [-0.2, -0.15) is 0 Å². The molecule has 1 aliphatic heterocycles. The standard InChI is InChI=1S/C33H49N3O9/c1-18-14-22-28(38)23(17-24(30(22)43-10)36-45-33(5,6)7)35-31(39)19(2)12-11-13-25(41-8)29(44-32(34)40)21(4)16-20(3)27(37)26(15-18)42-9/h11-13,16-18,20,25-27,29,37H,14-15H2,1-10H3,(H2,34,40)(H,35,39)/b13-11-,19-12+,21-16+,36-24+/t18-,20+,25+,26+,27-,29+/m1/s1. The second kappa shape index (κ2) is 16.5. The lowest BCUT2D eigenvalue weighted by atomic mass is 9.85. The van der Waals surface area contributed by atoms with Gasteiger partial charge in [0.2, 0.25) is 5.78 Å². The van der Waals surface area contributed by atoms with Crippen molar-refractivity contribution < 1.29 is 43.3 Å². The Balaban J connectivity index is 2.70. The van der Waals surface area contributed by atoms with Gasteiger partial charge in [-0.05, 0) is 65.0 Å². The second-order valence-corrected chi connectivity index (χ2v) is 12.4. The molecule has 2 bridgehead atoms. The molecule has 12 nitrogen and oxygen atoms in total. The maximum atomic E-state index is 13.8. The Labute approximate surface area is 266 Å². The molecular formula is C33H49N3O9. The summed E-state index contributed by atoms with van der Waals surface area (Å²) in [7, 11) is 4.40. The van der Waals surface area contributed by atoms with Crippen LogP contribution in [0.15, 0.2) is 63.7 Å². The molecule has 4 N–H and O–H groups in total. The van der Waals surface area contributed by atoms with Crippen molar-refractivity contribution in [2.75, 3.05) is 21.3 Å². The third kappa shape index (κ3) is 10.7. The monoisotopic (exact) mass is 631 g/mol. The number of nitrogens with two attached hydrogens (primary N) is 1. The Kier molecular flexibility index (Phi) is 13.8. The third-order valence-corrected chi connectivity index (χ3v) is 7.38. The summed E-state index contributed by atoms with van der Waals surface area (Å²) in [4.78, 5) is 44.4. The summed E-state index contributed by atoms with van der Waals surface area (Å²) in [5, 5.41) is 18.3. The number of Topliss-reactive ketones (excluding diaryl/α,β-unsaturated/α-hetero) is 1. The van der Waals surface area contributed by atoms with Gasteiger partial charge in [-0.3, -0.25) is 9.59 Å². The zero-order valence-electron chi connectivity index (χ0n) is 28.0. The number of aliphatic hydroxyl groups is 1. The second-order valence-electron chi connectivity index (χ2n) is 12.4. The van der Waals surface area contributed by atoms with Gasteiger partial charge in [0.05, 0.1) is 25.0 Å². The molecule has 45 heavy (non-hydrogen) atoms. The summed E-state index contributed by atoms with van der Waals surface area (Å²) in [5.74, 6) is -1.31. The number of ether oxygens (including phenoxy) is 4. The largest absolute Gasteiger partial charge is 0.494 e. The number of aliphatic hydroxyl groups excluding tert-OH is 1. The van der Waals surface area contributed by atoms with Crippen molar-refractivity contribution >= 4 is 23.5 Å². The number of methoxy groups -OCH3 is 3. The van der Waals surface area contributed by atoms with Crippen LogP contribution in [-0.4, -0.2) is 79.9 Å². The Morgan fingerprint density at radius 2 is 1.78 bits per heavy atom. The van der Waals surface area contributed by atoms with Gasteiger partial charge < -0.3 is 39.9 Å². The van der Waals surface area contributed by atoms with Crippen LogP contribution in [-0.2, 0) is 33.4 Å². The molecule has 2 aliphatic rings. The van der Waals surface area contributed by atoms with Crippen LogP contribution in [0.4, 0.5) is 4.79 Å². The summed E-state index contributed by atoms with van der Waals surface area (Å²) in [6, 6.07) is 0. The van der Waals surface area contributed by atoms with E-state index in [9.17, 15) is 19.5 Å². The van der Waals surface area contributed by atoms with Crippen molar-refractivity contribution in [3.05, 3.63) is 58.6 Å². The van der Waals surface area contributed by atoms with Crippen molar-refractivity contribution in [2.24, 2.45) is 22.7 Å². The number of rotatable bonds is 5. The van der Waals surface area contributed by atoms with E-state index in [1.807, 2.05) is 34.6 Å². The Bertz CT molecular complexity index is 1290. The Morgan fingerprint density at radius 3 is 2.33 bits per heavy atom. The summed E-state index contributed by atoms with van der Waals surface area (Å²) in [6.07, 6.45) is 4.33. The molecule has 0 spiro atoms. The number of hydrogen-bond donors (Lipinski definition) is 3. The van der Waals surface area contributed by atoms with E-state index in [4.69, 9.17) is 29.5 Å². The summed E-state index contributed by atoms with van der Waals surface area (Å²) in [5.41, 5.74) is 6.19.